The second-order valence-corrected chi connectivity index (χ2v) is 17.3. The fraction of sp³-hybridized carbons (Fsp3) is 0.968. The van der Waals surface area contributed by atoms with Gasteiger partial charge < -0.3 is 51.8 Å². The highest BCUT2D eigenvalue weighted by Gasteiger charge is 2.36. The molecular formula is C31H64O12Si. The Hall–Kier alpha value is -0.713. The van der Waals surface area contributed by atoms with Crippen molar-refractivity contribution in [2.75, 3.05) is 126 Å². The predicted molar refractivity (Wildman–Crippen MR) is 171 cm³/mol. The largest absolute Gasteiger partial charge is 0.460 e. The first-order chi connectivity index (χ1) is 20.9. The molecule has 0 saturated carbocycles. The van der Waals surface area contributed by atoms with Crippen molar-refractivity contribution in [3.05, 3.63) is 0 Å². The molecule has 0 aromatic carbocycles. The molecule has 13 heteroatoms. The van der Waals surface area contributed by atoms with Crippen LogP contribution >= 0.6 is 0 Å². The Kier molecular flexibility index (Phi) is 27.0. The minimum atomic E-state index is -1.70. The van der Waals surface area contributed by atoms with Gasteiger partial charge in [0.15, 0.2) is 8.32 Å². The summed E-state index contributed by atoms with van der Waals surface area (Å²) < 4.78 is 60.5. The SMILES string of the molecule is CC(C)(C)OC(=O)CCOCCOCCOCCOCCOCCOCCOCCOCCOCCO[Si](C)(C)C(C)(C)C. The van der Waals surface area contributed by atoms with Gasteiger partial charge in [-0.1, -0.05) is 20.8 Å². The van der Waals surface area contributed by atoms with Gasteiger partial charge in [-0.05, 0) is 38.9 Å². The molecule has 0 aliphatic rings. The van der Waals surface area contributed by atoms with Gasteiger partial charge in [0.25, 0.3) is 0 Å². The first-order valence-corrected chi connectivity index (χ1v) is 18.8. The van der Waals surface area contributed by atoms with E-state index in [1.165, 1.54) is 0 Å². The summed E-state index contributed by atoms with van der Waals surface area (Å²) in [5.74, 6) is -0.262. The first-order valence-electron chi connectivity index (χ1n) is 15.9. The number of carbonyl (C=O) groups is 1. The van der Waals surface area contributed by atoms with Gasteiger partial charge in [0.1, 0.15) is 5.60 Å². The van der Waals surface area contributed by atoms with Crippen LogP contribution in [0.1, 0.15) is 48.0 Å². The zero-order valence-corrected chi connectivity index (χ0v) is 30.0. The Bertz CT molecular complexity index is 653. The third kappa shape index (κ3) is 30.0. The third-order valence-corrected chi connectivity index (χ3v) is 10.9. The van der Waals surface area contributed by atoms with E-state index >= 15 is 0 Å². The van der Waals surface area contributed by atoms with Crippen LogP contribution in [0.15, 0.2) is 0 Å². The molecule has 0 aliphatic heterocycles. The summed E-state index contributed by atoms with van der Waals surface area (Å²) >= 11 is 0. The lowest BCUT2D eigenvalue weighted by Crippen LogP contribution is -2.41. The van der Waals surface area contributed by atoms with Crippen molar-refractivity contribution in [1.82, 2.24) is 0 Å². The fourth-order valence-corrected chi connectivity index (χ4v) is 4.01. The van der Waals surface area contributed by atoms with E-state index in [0.717, 1.165) is 0 Å². The van der Waals surface area contributed by atoms with Crippen molar-refractivity contribution in [3.63, 3.8) is 0 Å². The quantitative estimate of drug-likeness (QED) is 0.0612. The summed E-state index contributed by atoms with van der Waals surface area (Å²) in [5, 5.41) is 0.215. The molecule has 0 amide bonds. The Labute approximate surface area is 268 Å². The Morgan fingerprint density at radius 2 is 0.682 bits per heavy atom. The van der Waals surface area contributed by atoms with Crippen LogP contribution in [0.3, 0.4) is 0 Å². The van der Waals surface area contributed by atoms with Gasteiger partial charge >= 0.3 is 5.97 Å². The van der Waals surface area contributed by atoms with Crippen molar-refractivity contribution in [2.24, 2.45) is 0 Å². The highest BCUT2D eigenvalue weighted by molar-refractivity contribution is 6.74. The summed E-state index contributed by atoms with van der Waals surface area (Å²) in [6.07, 6.45) is 0.235. The van der Waals surface area contributed by atoms with E-state index in [1.54, 1.807) is 0 Å². The molecule has 0 aliphatic carbocycles. The summed E-state index contributed by atoms with van der Waals surface area (Å²) in [6.45, 7) is 26.2. The van der Waals surface area contributed by atoms with Gasteiger partial charge in [-0.3, -0.25) is 4.79 Å². The van der Waals surface area contributed by atoms with E-state index in [9.17, 15) is 4.79 Å². The van der Waals surface area contributed by atoms with Crippen LogP contribution in [0.5, 0.6) is 0 Å². The van der Waals surface area contributed by atoms with Gasteiger partial charge in [0, 0.05) is 0 Å². The minimum Gasteiger partial charge on any atom is -0.460 e. The van der Waals surface area contributed by atoms with E-state index in [-0.39, 0.29) is 17.4 Å². The summed E-state index contributed by atoms with van der Waals surface area (Å²) in [6, 6.07) is 0. The lowest BCUT2D eigenvalue weighted by molar-refractivity contribution is -0.156. The normalized spacial score (nSPS) is 12.6. The standard InChI is InChI=1S/C31H64O12Si/c1-30(2,3)43-29(32)9-10-33-11-12-34-13-14-35-15-16-36-17-18-37-19-20-38-21-22-39-23-24-40-25-26-41-27-28-42-44(7,8)31(4,5)6/h9-28H2,1-8H3. The van der Waals surface area contributed by atoms with Gasteiger partial charge in [0.2, 0.25) is 0 Å². The van der Waals surface area contributed by atoms with Crippen LogP contribution in [0.4, 0.5) is 0 Å². The van der Waals surface area contributed by atoms with Crippen molar-refractivity contribution in [3.8, 4) is 0 Å². The van der Waals surface area contributed by atoms with E-state index in [0.29, 0.717) is 126 Å². The zero-order valence-electron chi connectivity index (χ0n) is 29.0. The molecule has 264 valence electrons. The van der Waals surface area contributed by atoms with Crippen molar-refractivity contribution in [1.29, 1.82) is 0 Å². The predicted octanol–water partition coefficient (Wildman–Crippen LogP) is 3.89. The molecule has 0 bridgehead atoms. The third-order valence-electron chi connectivity index (χ3n) is 6.34. The van der Waals surface area contributed by atoms with E-state index in [1.807, 2.05) is 20.8 Å². The van der Waals surface area contributed by atoms with Gasteiger partial charge in [-0.25, -0.2) is 0 Å². The maximum Gasteiger partial charge on any atom is 0.308 e. The highest BCUT2D eigenvalue weighted by Crippen LogP contribution is 2.36. The molecule has 0 N–H and O–H groups in total. The van der Waals surface area contributed by atoms with Crippen molar-refractivity contribution >= 4 is 14.3 Å². The van der Waals surface area contributed by atoms with E-state index in [4.69, 9.17) is 51.8 Å². The van der Waals surface area contributed by atoms with E-state index in [2.05, 4.69) is 33.9 Å². The first kappa shape index (κ1) is 43.3. The Morgan fingerprint density at radius 3 is 0.932 bits per heavy atom. The molecule has 44 heavy (non-hydrogen) atoms. The molecule has 0 aromatic rings. The topological polar surface area (TPSA) is 119 Å². The maximum atomic E-state index is 11.6. The lowest BCUT2D eigenvalue weighted by Gasteiger charge is -2.36. The van der Waals surface area contributed by atoms with Crippen LogP contribution in [-0.4, -0.2) is 145 Å². The molecule has 0 aromatic heterocycles. The number of rotatable bonds is 31. The number of ether oxygens (including phenoxy) is 10. The molecule has 0 fully saturated rings. The molecule has 0 rings (SSSR count). The summed E-state index contributed by atoms with van der Waals surface area (Å²) in [4.78, 5) is 11.6. The Balaban J connectivity index is 3.18. The van der Waals surface area contributed by atoms with Gasteiger partial charge in [0.05, 0.1) is 132 Å². The molecule has 0 radical (unpaired) electrons. The molecule has 0 heterocycles. The van der Waals surface area contributed by atoms with Gasteiger partial charge in [-0.15, -0.1) is 0 Å². The van der Waals surface area contributed by atoms with Crippen LogP contribution in [0, 0.1) is 0 Å². The summed E-state index contributed by atoms with van der Waals surface area (Å²) in [7, 11) is -1.70. The van der Waals surface area contributed by atoms with Crippen LogP contribution in [-0.2, 0) is 56.6 Å². The average molecular weight is 657 g/mol. The van der Waals surface area contributed by atoms with Crippen LogP contribution in [0.2, 0.25) is 18.1 Å². The average Bonchev–Trinajstić information content (AvgIpc) is 2.92. The number of hydrogen-bond acceptors (Lipinski definition) is 12. The van der Waals surface area contributed by atoms with E-state index < -0.39 is 13.9 Å². The molecule has 0 unspecified atom stereocenters. The molecular weight excluding hydrogens is 592 g/mol. The Morgan fingerprint density at radius 1 is 0.432 bits per heavy atom. The van der Waals surface area contributed by atoms with Crippen LogP contribution < -0.4 is 0 Å². The highest BCUT2D eigenvalue weighted by atomic mass is 28.4. The molecule has 12 nitrogen and oxygen atoms in total. The molecule has 0 atom stereocenters. The number of carbonyl (C=O) groups excluding carboxylic acids is 1. The summed E-state index contributed by atoms with van der Waals surface area (Å²) in [5.41, 5.74) is -0.471. The number of hydrogen-bond donors (Lipinski definition) is 0. The smallest absolute Gasteiger partial charge is 0.308 e. The second-order valence-electron chi connectivity index (χ2n) is 12.5. The maximum absolute atomic E-state index is 11.6. The van der Waals surface area contributed by atoms with Crippen LogP contribution in [0.25, 0.3) is 0 Å². The monoisotopic (exact) mass is 656 g/mol. The van der Waals surface area contributed by atoms with Crippen molar-refractivity contribution < 1.29 is 56.6 Å². The number of esters is 1. The second kappa shape index (κ2) is 27.4. The van der Waals surface area contributed by atoms with Gasteiger partial charge in [-0.2, -0.15) is 0 Å². The zero-order chi connectivity index (χ0) is 33.0. The minimum absolute atomic E-state index is 0.215. The fourth-order valence-electron chi connectivity index (χ4n) is 2.98. The molecule has 0 spiro atoms. The lowest BCUT2D eigenvalue weighted by atomic mass is 10.2. The van der Waals surface area contributed by atoms with Crippen molar-refractivity contribution in [2.45, 2.75) is 71.7 Å². The molecule has 0 saturated heterocycles.